The molecular weight excluding hydrogens is 625 g/mol. The summed E-state index contributed by atoms with van der Waals surface area (Å²) in [5, 5.41) is 3.28. The van der Waals surface area contributed by atoms with Crippen molar-refractivity contribution in [1.82, 2.24) is 10.2 Å². The van der Waals surface area contributed by atoms with Crippen LogP contribution in [0.5, 0.6) is 0 Å². The number of hydrogen-bond acceptors (Lipinski definition) is 4. The van der Waals surface area contributed by atoms with Crippen molar-refractivity contribution in [3.63, 3.8) is 0 Å². The molecule has 0 aliphatic heterocycles. The zero-order valence-corrected chi connectivity index (χ0v) is 25.9. The van der Waals surface area contributed by atoms with Crippen LogP contribution in [-0.2, 0) is 26.2 Å². The summed E-state index contributed by atoms with van der Waals surface area (Å²) in [4.78, 5) is 28.4. The average molecular weight is 655 g/mol. The predicted molar refractivity (Wildman–Crippen MR) is 159 cm³/mol. The minimum atomic E-state index is -4.19. The first-order valence-electron chi connectivity index (χ1n) is 12.1. The van der Waals surface area contributed by atoms with Gasteiger partial charge in [0.25, 0.3) is 10.0 Å². The maximum Gasteiger partial charge on any atom is 0.264 e. The lowest BCUT2D eigenvalue weighted by Gasteiger charge is -2.33. The van der Waals surface area contributed by atoms with Crippen molar-refractivity contribution in [2.24, 2.45) is 0 Å². The molecule has 0 saturated carbocycles. The third-order valence-corrected chi connectivity index (χ3v) is 8.73. The summed E-state index contributed by atoms with van der Waals surface area (Å²) in [7, 11) is -4.19. The van der Waals surface area contributed by atoms with E-state index in [4.69, 9.17) is 23.2 Å². The van der Waals surface area contributed by atoms with Gasteiger partial charge in [0.15, 0.2) is 0 Å². The molecule has 2 amide bonds. The number of sulfonamides is 1. The Labute approximate surface area is 248 Å². The molecule has 0 aromatic heterocycles. The second kappa shape index (κ2) is 12.7. The summed E-state index contributed by atoms with van der Waals surface area (Å²) < 4.78 is 29.3. The summed E-state index contributed by atoms with van der Waals surface area (Å²) >= 11 is 15.7. The van der Waals surface area contributed by atoms with Gasteiger partial charge in [0.1, 0.15) is 12.6 Å². The zero-order valence-electron chi connectivity index (χ0n) is 22.0. The van der Waals surface area contributed by atoms with Crippen molar-refractivity contribution in [2.75, 3.05) is 10.8 Å². The van der Waals surface area contributed by atoms with E-state index in [1.807, 2.05) is 45.0 Å². The van der Waals surface area contributed by atoms with E-state index in [1.165, 1.54) is 35.2 Å². The number of amides is 2. The first-order valence-corrected chi connectivity index (χ1v) is 15.1. The van der Waals surface area contributed by atoms with Crippen molar-refractivity contribution in [3.05, 3.63) is 92.9 Å². The van der Waals surface area contributed by atoms with E-state index in [0.717, 1.165) is 14.3 Å². The Kier molecular flexibility index (Phi) is 10.1. The molecule has 3 aromatic rings. The molecule has 11 heteroatoms. The monoisotopic (exact) mass is 653 g/mol. The van der Waals surface area contributed by atoms with Gasteiger partial charge in [0.2, 0.25) is 11.8 Å². The molecule has 0 saturated heterocycles. The van der Waals surface area contributed by atoms with E-state index in [-0.39, 0.29) is 33.1 Å². The van der Waals surface area contributed by atoms with Crippen LogP contribution in [0.3, 0.4) is 0 Å². The van der Waals surface area contributed by atoms with E-state index in [1.54, 1.807) is 25.1 Å². The number of carbonyl (C=O) groups excluding carboxylic acids is 2. The molecule has 0 fully saturated rings. The van der Waals surface area contributed by atoms with Crippen LogP contribution < -0.4 is 9.62 Å². The Balaban J connectivity index is 2.05. The number of anilines is 1. The molecule has 1 N–H and O–H groups in total. The molecule has 0 bridgehead atoms. The van der Waals surface area contributed by atoms with Crippen LogP contribution in [0.1, 0.15) is 33.3 Å². The van der Waals surface area contributed by atoms with Gasteiger partial charge >= 0.3 is 0 Å². The maximum absolute atomic E-state index is 13.9. The molecule has 1 atom stereocenters. The lowest BCUT2D eigenvalue weighted by atomic mass is 10.1. The van der Waals surface area contributed by atoms with Crippen molar-refractivity contribution < 1.29 is 18.0 Å². The summed E-state index contributed by atoms with van der Waals surface area (Å²) in [6.07, 6.45) is 0. The van der Waals surface area contributed by atoms with Gasteiger partial charge in [-0.15, -0.1) is 0 Å². The molecule has 0 aliphatic rings. The third kappa shape index (κ3) is 8.20. The number of carbonyl (C=O) groups is 2. The van der Waals surface area contributed by atoms with Crippen LogP contribution in [0.2, 0.25) is 10.0 Å². The number of benzene rings is 3. The molecule has 0 radical (unpaired) electrons. The minimum absolute atomic E-state index is 0.000867. The van der Waals surface area contributed by atoms with E-state index < -0.39 is 34.1 Å². The first-order chi connectivity index (χ1) is 18.2. The summed E-state index contributed by atoms with van der Waals surface area (Å²) in [6, 6.07) is 18.6. The highest BCUT2D eigenvalue weighted by molar-refractivity contribution is 9.10. The molecular formula is C28H30BrCl2N3O4S. The first kappa shape index (κ1) is 30.9. The predicted octanol–water partition coefficient (Wildman–Crippen LogP) is 6.28. The Hall–Kier alpha value is -2.59. The highest BCUT2D eigenvalue weighted by atomic mass is 79.9. The van der Waals surface area contributed by atoms with Gasteiger partial charge in [-0.25, -0.2) is 8.42 Å². The fourth-order valence-electron chi connectivity index (χ4n) is 3.78. The topological polar surface area (TPSA) is 86.8 Å². The number of hydrogen-bond donors (Lipinski definition) is 1. The average Bonchev–Trinajstić information content (AvgIpc) is 2.86. The highest BCUT2D eigenvalue weighted by Gasteiger charge is 2.33. The van der Waals surface area contributed by atoms with Crippen molar-refractivity contribution in [3.8, 4) is 0 Å². The smallest absolute Gasteiger partial charge is 0.264 e. The van der Waals surface area contributed by atoms with Gasteiger partial charge in [0, 0.05) is 16.6 Å². The van der Waals surface area contributed by atoms with E-state index in [2.05, 4.69) is 21.2 Å². The quantitative estimate of drug-likeness (QED) is 0.294. The van der Waals surface area contributed by atoms with Crippen LogP contribution in [-0.4, -0.2) is 43.3 Å². The van der Waals surface area contributed by atoms with E-state index in [0.29, 0.717) is 0 Å². The maximum atomic E-state index is 13.9. The molecule has 3 rings (SSSR count). The molecule has 39 heavy (non-hydrogen) atoms. The molecule has 0 aliphatic carbocycles. The highest BCUT2D eigenvalue weighted by Crippen LogP contribution is 2.31. The lowest BCUT2D eigenvalue weighted by Crippen LogP contribution is -2.54. The van der Waals surface area contributed by atoms with Crippen LogP contribution in [0, 0.1) is 0 Å². The Bertz CT molecular complexity index is 1450. The van der Waals surface area contributed by atoms with Gasteiger partial charge in [-0.3, -0.25) is 13.9 Å². The van der Waals surface area contributed by atoms with Crippen LogP contribution >= 0.6 is 39.1 Å². The zero-order chi connectivity index (χ0) is 29.0. The van der Waals surface area contributed by atoms with Gasteiger partial charge in [-0.05, 0) is 75.7 Å². The lowest BCUT2D eigenvalue weighted by molar-refractivity contribution is -0.140. The molecule has 0 spiro atoms. The molecule has 0 unspecified atom stereocenters. The summed E-state index contributed by atoms with van der Waals surface area (Å²) in [6.45, 7) is 6.66. The van der Waals surface area contributed by atoms with E-state index in [9.17, 15) is 18.0 Å². The third-order valence-electron chi connectivity index (χ3n) is 5.71. The van der Waals surface area contributed by atoms with Gasteiger partial charge in [-0.2, -0.15) is 0 Å². The minimum Gasteiger partial charge on any atom is -0.350 e. The van der Waals surface area contributed by atoms with Crippen molar-refractivity contribution in [1.29, 1.82) is 0 Å². The standard InChI is InChI=1S/C28H30BrCl2N3O4S/c1-19(27(36)32-28(2,3)4)33(17-20-9-8-10-21(29)15-20)26(35)18-34(22-13-14-24(30)25(31)16-22)39(37,38)23-11-6-5-7-12-23/h5-16,19H,17-18H2,1-4H3,(H,32,36)/t19-/m1/s1. The Morgan fingerprint density at radius 1 is 0.949 bits per heavy atom. The fraction of sp³-hybridized carbons (Fsp3) is 0.286. The number of nitrogens with zero attached hydrogens (tertiary/aromatic N) is 2. The van der Waals surface area contributed by atoms with Gasteiger partial charge < -0.3 is 10.2 Å². The Morgan fingerprint density at radius 3 is 2.21 bits per heavy atom. The number of nitrogens with one attached hydrogen (secondary N) is 1. The Morgan fingerprint density at radius 2 is 1.62 bits per heavy atom. The summed E-state index contributed by atoms with van der Waals surface area (Å²) in [5.74, 6) is -0.935. The largest absolute Gasteiger partial charge is 0.350 e. The summed E-state index contributed by atoms with van der Waals surface area (Å²) in [5.41, 5.74) is 0.398. The normalized spacial score (nSPS) is 12.5. The van der Waals surface area contributed by atoms with Crippen LogP contribution in [0.4, 0.5) is 5.69 Å². The molecule has 208 valence electrons. The fourth-order valence-corrected chi connectivity index (χ4v) is 5.94. The van der Waals surface area contributed by atoms with Gasteiger partial charge in [0.05, 0.1) is 20.6 Å². The number of halogens is 3. The molecule has 3 aromatic carbocycles. The molecule has 0 heterocycles. The number of rotatable bonds is 9. The SMILES string of the molecule is C[C@H](C(=O)NC(C)(C)C)N(Cc1cccc(Br)c1)C(=O)CN(c1ccc(Cl)c(Cl)c1)S(=O)(=O)c1ccccc1. The van der Waals surface area contributed by atoms with Crippen LogP contribution in [0.15, 0.2) is 82.2 Å². The van der Waals surface area contributed by atoms with E-state index >= 15 is 0 Å². The second-order valence-electron chi connectivity index (χ2n) is 9.99. The van der Waals surface area contributed by atoms with Crippen LogP contribution in [0.25, 0.3) is 0 Å². The van der Waals surface area contributed by atoms with Gasteiger partial charge in [-0.1, -0.05) is 69.5 Å². The second-order valence-corrected chi connectivity index (χ2v) is 13.6. The van der Waals surface area contributed by atoms with Crippen molar-refractivity contribution in [2.45, 2.75) is 50.7 Å². The molecule has 7 nitrogen and oxygen atoms in total. The van der Waals surface area contributed by atoms with Crippen molar-refractivity contribution >= 4 is 66.7 Å².